The molecule has 2 atom stereocenters. The van der Waals surface area contributed by atoms with Crippen LogP contribution in [0.3, 0.4) is 0 Å². The van der Waals surface area contributed by atoms with Gasteiger partial charge in [-0.25, -0.2) is 0 Å². The van der Waals surface area contributed by atoms with E-state index in [1.54, 1.807) is 0 Å². The summed E-state index contributed by atoms with van der Waals surface area (Å²) in [5.41, 5.74) is 2.60. The van der Waals surface area contributed by atoms with E-state index in [-0.39, 0.29) is 5.91 Å². The van der Waals surface area contributed by atoms with Crippen molar-refractivity contribution in [2.45, 2.75) is 53.1 Å². The van der Waals surface area contributed by atoms with Crippen molar-refractivity contribution in [3.8, 4) is 0 Å². The quantitative estimate of drug-likeness (QED) is 0.871. The highest BCUT2D eigenvalue weighted by atomic mass is 16.1. The van der Waals surface area contributed by atoms with Crippen molar-refractivity contribution in [2.24, 2.45) is 11.8 Å². The molecule has 0 spiro atoms. The molecule has 1 aromatic carbocycles. The van der Waals surface area contributed by atoms with Gasteiger partial charge >= 0.3 is 0 Å². The third kappa shape index (κ3) is 5.13. The van der Waals surface area contributed by atoms with Gasteiger partial charge in [-0.1, -0.05) is 45.0 Å². The van der Waals surface area contributed by atoms with Crippen LogP contribution in [0.1, 0.15) is 51.2 Å². The third-order valence-corrected chi connectivity index (χ3v) is 4.41. The van der Waals surface area contributed by atoms with Gasteiger partial charge in [0.2, 0.25) is 5.91 Å². The van der Waals surface area contributed by atoms with Gasteiger partial charge in [0.15, 0.2) is 0 Å². The molecule has 0 aromatic heterocycles. The highest BCUT2D eigenvalue weighted by Gasteiger charge is 2.22. The van der Waals surface area contributed by atoms with Gasteiger partial charge in [-0.15, -0.1) is 0 Å². The number of nitrogens with one attached hydrogen (secondary N) is 1. The lowest BCUT2D eigenvalue weighted by atomic mass is 9.91. The maximum absolute atomic E-state index is 11.7. The van der Waals surface area contributed by atoms with Gasteiger partial charge < -0.3 is 5.32 Å². The summed E-state index contributed by atoms with van der Waals surface area (Å²) in [5, 5.41) is 3.04. The molecule has 122 valence electrons. The summed E-state index contributed by atoms with van der Waals surface area (Å²) in [6, 6.07) is 8.50. The lowest BCUT2D eigenvalue weighted by Crippen LogP contribution is -2.38. The Bertz CT molecular complexity index is 476. The van der Waals surface area contributed by atoms with Crippen molar-refractivity contribution in [2.75, 3.05) is 13.1 Å². The van der Waals surface area contributed by atoms with E-state index in [2.05, 4.69) is 48.3 Å². The average molecular weight is 302 g/mol. The largest absolute Gasteiger partial charge is 0.352 e. The average Bonchev–Trinajstić information content (AvgIpc) is 2.45. The van der Waals surface area contributed by atoms with E-state index >= 15 is 0 Å². The summed E-state index contributed by atoms with van der Waals surface area (Å²) < 4.78 is 0. The number of carbonyl (C=O) groups is 1. The highest BCUT2D eigenvalue weighted by molar-refractivity contribution is 5.75. The Labute approximate surface area is 135 Å². The van der Waals surface area contributed by atoms with Gasteiger partial charge in [0, 0.05) is 32.6 Å². The molecule has 1 aliphatic heterocycles. The SMILES string of the molecule is CCCC(=O)NCc1ccccc1CN1CC(C)CC(C)C1. The van der Waals surface area contributed by atoms with Crippen molar-refractivity contribution < 1.29 is 4.79 Å². The van der Waals surface area contributed by atoms with E-state index in [1.165, 1.54) is 30.6 Å². The van der Waals surface area contributed by atoms with Crippen LogP contribution in [0.2, 0.25) is 0 Å². The molecule has 2 unspecified atom stereocenters. The number of amides is 1. The van der Waals surface area contributed by atoms with E-state index in [0.717, 1.165) is 24.8 Å². The van der Waals surface area contributed by atoms with Crippen molar-refractivity contribution in [1.29, 1.82) is 0 Å². The molecule has 1 aromatic rings. The first kappa shape index (κ1) is 17.0. The molecule has 3 heteroatoms. The number of hydrogen-bond donors (Lipinski definition) is 1. The molecule has 1 aliphatic rings. The second-order valence-corrected chi connectivity index (χ2v) is 6.94. The number of carbonyl (C=O) groups excluding carboxylic acids is 1. The minimum Gasteiger partial charge on any atom is -0.352 e. The summed E-state index contributed by atoms with van der Waals surface area (Å²) in [7, 11) is 0. The predicted octanol–water partition coefficient (Wildman–Crippen LogP) is 3.58. The molecular formula is C19H30N2O. The highest BCUT2D eigenvalue weighted by Crippen LogP contribution is 2.23. The van der Waals surface area contributed by atoms with E-state index in [1.807, 2.05) is 6.92 Å². The molecule has 0 aliphatic carbocycles. The molecule has 3 nitrogen and oxygen atoms in total. The third-order valence-electron chi connectivity index (χ3n) is 4.41. The number of rotatable bonds is 6. The number of hydrogen-bond acceptors (Lipinski definition) is 2. The standard InChI is InChI=1S/C19H30N2O/c1-4-7-19(22)20-11-17-8-5-6-9-18(17)14-21-12-15(2)10-16(3)13-21/h5-6,8-9,15-16H,4,7,10-14H2,1-3H3,(H,20,22). The summed E-state index contributed by atoms with van der Waals surface area (Å²) in [4.78, 5) is 14.2. The van der Waals surface area contributed by atoms with E-state index in [4.69, 9.17) is 0 Å². The zero-order chi connectivity index (χ0) is 15.9. The van der Waals surface area contributed by atoms with Gasteiger partial charge in [-0.3, -0.25) is 9.69 Å². The van der Waals surface area contributed by atoms with Gasteiger partial charge in [0.1, 0.15) is 0 Å². The van der Waals surface area contributed by atoms with Crippen LogP contribution < -0.4 is 5.32 Å². The van der Waals surface area contributed by atoms with E-state index in [9.17, 15) is 4.79 Å². The smallest absolute Gasteiger partial charge is 0.220 e. The Kier molecular flexibility index (Phi) is 6.44. The Hall–Kier alpha value is -1.35. The number of benzene rings is 1. The van der Waals surface area contributed by atoms with Crippen LogP contribution in [0, 0.1) is 11.8 Å². The van der Waals surface area contributed by atoms with Crippen molar-refractivity contribution in [1.82, 2.24) is 10.2 Å². The molecule has 1 saturated heterocycles. The molecule has 1 heterocycles. The Morgan fingerprint density at radius 1 is 1.18 bits per heavy atom. The van der Waals surface area contributed by atoms with Crippen LogP contribution in [-0.4, -0.2) is 23.9 Å². The van der Waals surface area contributed by atoms with Crippen molar-refractivity contribution in [3.63, 3.8) is 0 Å². The molecule has 22 heavy (non-hydrogen) atoms. The maximum Gasteiger partial charge on any atom is 0.220 e. The number of piperidine rings is 1. The lowest BCUT2D eigenvalue weighted by Gasteiger charge is -2.35. The Morgan fingerprint density at radius 3 is 2.45 bits per heavy atom. The van der Waals surface area contributed by atoms with Crippen LogP contribution >= 0.6 is 0 Å². The number of likely N-dealkylation sites (tertiary alicyclic amines) is 1. The van der Waals surface area contributed by atoms with Crippen LogP contribution in [-0.2, 0) is 17.9 Å². The first-order valence-corrected chi connectivity index (χ1v) is 8.64. The predicted molar refractivity (Wildman–Crippen MR) is 91.4 cm³/mol. The Morgan fingerprint density at radius 2 is 1.82 bits per heavy atom. The second kappa shape index (κ2) is 8.33. The van der Waals surface area contributed by atoms with Crippen LogP contribution in [0.15, 0.2) is 24.3 Å². The molecule has 1 fully saturated rings. The summed E-state index contributed by atoms with van der Waals surface area (Å²) in [5.74, 6) is 1.71. The van der Waals surface area contributed by atoms with E-state index < -0.39 is 0 Å². The molecule has 0 bridgehead atoms. The minimum atomic E-state index is 0.150. The van der Waals surface area contributed by atoms with Gasteiger partial charge in [-0.2, -0.15) is 0 Å². The summed E-state index contributed by atoms with van der Waals surface area (Å²) in [6.07, 6.45) is 2.85. The van der Waals surface area contributed by atoms with Crippen molar-refractivity contribution >= 4 is 5.91 Å². The van der Waals surface area contributed by atoms with Gasteiger partial charge in [0.25, 0.3) is 0 Å². The first-order chi connectivity index (χ1) is 10.6. The lowest BCUT2D eigenvalue weighted by molar-refractivity contribution is -0.121. The molecular weight excluding hydrogens is 272 g/mol. The maximum atomic E-state index is 11.7. The van der Waals surface area contributed by atoms with Gasteiger partial charge in [0.05, 0.1) is 0 Å². The van der Waals surface area contributed by atoms with E-state index in [0.29, 0.717) is 13.0 Å². The van der Waals surface area contributed by atoms with Crippen molar-refractivity contribution in [3.05, 3.63) is 35.4 Å². The molecule has 1 amide bonds. The molecule has 2 rings (SSSR count). The van der Waals surface area contributed by atoms with Crippen LogP contribution in [0.4, 0.5) is 0 Å². The zero-order valence-electron chi connectivity index (χ0n) is 14.3. The topological polar surface area (TPSA) is 32.3 Å². The first-order valence-electron chi connectivity index (χ1n) is 8.64. The fourth-order valence-corrected chi connectivity index (χ4v) is 3.56. The van der Waals surface area contributed by atoms with Crippen LogP contribution in [0.5, 0.6) is 0 Å². The second-order valence-electron chi connectivity index (χ2n) is 6.94. The minimum absolute atomic E-state index is 0.150. The molecule has 0 radical (unpaired) electrons. The Balaban J connectivity index is 1.97. The number of nitrogens with zero attached hydrogens (tertiary/aromatic N) is 1. The fraction of sp³-hybridized carbons (Fsp3) is 0.632. The normalized spacial score (nSPS) is 22.5. The zero-order valence-corrected chi connectivity index (χ0v) is 14.3. The molecule has 0 saturated carbocycles. The fourth-order valence-electron chi connectivity index (χ4n) is 3.56. The monoisotopic (exact) mass is 302 g/mol. The van der Waals surface area contributed by atoms with Crippen LogP contribution in [0.25, 0.3) is 0 Å². The summed E-state index contributed by atoms with van der Waals surface area (Å²) >= 11 is 0. The summed E-state index contributed by atoms with van der Waals surface area (Å²) in [6.45, 7) is 10.7. The van der Waals surface area contributed by atoms with Gasteiger partial charge in [-0.05, 0) is 35.8 Å². The molecule has 1 N–H and O–H groups in total.